The third kappa shape index (κ3) is 4.22. The predicted octanol–water partition coefficient (Wildman–Crippen LogP) is 2.60. The van der Waals surface area contributed by atoms with Gasteiger partial charge in [-0.25, -0.2) is 0 Å². The van der Waals surface area contributed by atoms with E-state index in [1.165, 1.54) is 32.2 Å². The van der Waals surface area contributed by atoms with Crippen molar-refractivity contribution in [1.29, 1.82) is 0 Å². The van der Waals surface area contributed by atoms with Crippen molar-refractivity contribution >= 4 is 0 Å². The van der Waals surface area contributed by atoms with E-state index in [9.17, 15) is 0 Å². The first-order valence-electron chi connectivity index (χ1n) is 7.63. The molecule has 0 radical (unpaired) electrons. The molecule has 0 amide bonds. The van der Waals surface area contributed by atoms with E-state index >= 15 is 0 Å². The van der Waals surface area contributed by atoms with Crippen molar-refractivity contribution in [3.63, 3.8) is 0 Å². The normalized spacial score (nSPS) is 32.5. The lowest BCUT2D eigenvalue weighted by atomic mass is 9.83. The molecule has 0 aliphatic carbocycles. The molecule has 0 aromatic carbocycles. The van der Waals surface area contributed by atoms with Crippen LogP contribution in [0.5, 0.6) is 0 Å². The lowest BCUT2D eigenvalue weighted by Gasteiger charge is -2.37. The second-order valence-electron chi connectivity index (χ2n) is 6.43. The lowest BCUT2D eigenvalue weighted by molar-refractivity contribution is -0.0989. The average Bonchev–Trinajstić information content (AvgIpc) is 2.76. The molecule has 106 valence electrons. The largest absolute Gasteiger partial charge is 0.378 e. The van der Waals surface area contributed by atoms with Crippen molar-refractivity contribution in [3.8, 4) is 0 Å². The third-order valence-corrected chi connectivity index (χ3v) is 4.18. The van der Waals surface area contributed by atoms with Gasteiger partial charge in [0, 0.05) is 19.6 Å². The van der Waals surface area contributed by atoms with E-state index in [-0.39, 0.29) is 5.60 Å². The van der Waals surface area contributed by atoms with Crippen molar-refractivity contribution in [2.24, 2.45) is 11.8 Å². The minimum Gasteiger partial charge on any atom is -0.378 e. The Kier molecular flexibility index (Phi) is 5.46. The van der Waals surface area contributed by atoms with Gasteiger partial charge in [-0.15, -0.1) is 0 Å². The molecule has 0 aromatic heterocycles. The van der Waals surface area contributed by atoms with Gasteiger partial charge in [0.1, 0.15) is 0 Å². The van der Waals surface area contributed by atoms with E-state index in [1.54, 1.807) is 0 Å². The van der Waals surface area contributed by atoms with Crippen LogP contribution in [0.15, 0.2) is 0 Å². The van der Waals surface area contributed by atoms with Gasteiger partial charge in [0.05, 0.1) is 12.2 Å². The molecule has 2 heterocycles. The first-order chi connectivity index (χ1) is 8.70. The van der Waals surface area contributed by atoms with Gasteiger partial charge in [0.25, 0.3) is 0 Å². The van der Waals surface area contributed by atoms with E-state index < -0.39 is 0 Å². The van der Waals surface area contributed by atoms with E-state index in [0.29, 0.717) is 0 Å². The first-order valence-corrected chi connectivity index (χ1v) is 7.63. The SMILES string of the molecule is CC(C)CNCCCC1CCOC2(CCOC2)C1. The molecule has 1 spiro atoms. The summed E-state index contributed by atoms with van der Waals surface area (Å²) < 4.78 is 11.5. The summed E-state index contributed by atoms with van der Waals surface area (Å²) in [5.41, 5.74) is 0.0915. The molecule has 2 saturated heterocycles. The number of hydrogen-bond donors (Lipinski definition) is 1. The fourth-order valence-electron chi connectivity index (χ4n) is 3.15. The molecule has 2 unspecified atom stereocenters. The zero-order valence-electron chi connectivity index (χ0n) is 12.0. The van der Waals surface area contributed by atoms with Crippen LogP contribution in [0.25, 0.3) is 0 Å². The first kappa shape index (κ1) is 14.3. The van der Waals surface area contributed by atoms with Gasteiger partial charge in [-0.05, 0) is 50.6 Å². The highest BCUT2D eigenvalue weighted by Crippen LogP contribution is 2.37. The summed E-state index contributed by atoms with van der Waals surface area (Å²) in [6.07, 6.45) is 6.21. The molecule has 2 aliphatic heterocycles. The molecule has 1 N–H and O–H groups in total. The van der Waals surface area contributed by atoms with Crippen molar-refractivity contribution in [1.82, 2.24) is 5.32 Å². The van der Waals surface area contributed by atoms with E-state index in [2.05, 4.69) is 19.2 Å². The molecule has 0 aromatic rings. The highest BCUT2D eigenvalue weighted by Gasteiger charge is 2.40. The van der Waals surface area contributed by atoms with Gasteiger partial charge in [-0.2, -0.15) is 0 Å². The van der Waals surface area contributed by atoms with Crippen LogP contribution in [-0.4, -0.2) is 38.5 Å². The maximum Gasteiger partial charge on any atom is 0.0939 e. The minimum absolute atomic E-state index is 0.0915. The highest BCUT2D eigenvalue weighted by molar-refractivity contribution is 4.90. The monoisotopic (exact) mass is 255 g/mol. The smallest absolute Gasteiger partial charge is 0.0939 e. The van der Waals surface area contributed by atoms with Crippen LogP contribution in [0.2, 0.25) is 0 Å². The lowest BCUT2D eigenvalue weighted by Crippen LogP contribution is -2.40. The van der Waals surface area contributed by atoms with Crippen LogP contribution in [0.1, 0.15) is 46.0 Å². The van der Waals surface area contributed by atoms with Crippen LogP contribution in [-0.2, 0) is 9.47 Å². The molecule has 2 rings (SSSR count). The molecule has 2 aliphatic rings. The Morgan fingerprint density at radius 1 is 1.33 bits per heavy atom. The van der Waals surface area contributed by atoms with Gasteiger partial charge >= 0.3 is 0 Å². The molecule has 0 saturated carbocycles. The van der Waals surface area contributed by atoms with Crippen LogP contribution in [0.3, 0.4) is 0 Å². The van der Waals surface area contributed by atoms with Gasteiger partial charge in [0.2, 0.25) is 0 Å². The molecular formula is C15H29NO2. The van der Waals surface area contributed by atoms with Crippen molar-refractivity contribution in [3.05, 3.63) is 0 Å². The number of ether oxygens (including phenoxy) is 2. The fraction of sp³-hybridized carbons (Fsp3) is 1.00. The number of rotatable bonds is 6. The summed E-state index contributed by atoms with van der Waals surface area (Å²) in [5, 5.41) is 3.53. The van der Waals surface area contributed by atoms with Gasteiger partial charge in [0.15, 0.2) is 0 Å². The van der Waals surface area contributed by atoms with E-state index in [4.69, 9.17) is 9.47 Å². The Morgan fingerprint density at radius 3 is 2.94 bits per heavy atom. The van der Waals surface area contributed by atoms with Crippen molar-refractivity contribution in [2.45, 2.75) is 51.6 Å². The zero-order chi connectivity index (χ0) is 12.8. The predicted molar refractivity (Wildman–Crippen MR) is 73.8 cm³/mol. The van der Waals surface area contributed by atoms with E-state index in [0.717, 1.165) is 44.6 Å². The second kappa shape index (κ2) is 6.88. The minimum atomic E-state index is 0.0915. The fourth-order valence-corrected chi connectivity index (χ4v) is 3.15. The molecule has 0 bridgehead atoms. The summed E-state index contributed by atoms with van der Waals surface area (Å²) in [4.78, 5) is 0. The number of nitrogens with one attached hydrogen (secondary N) is 1. The maximum absolute atomic E-state index is 5.97. The van der Waals surface area contributed by atoms with Crippen molar-refractivity contribution < 1.29 is 9.47 Å². The summed E-state index contributed by atoms with van der Waals surface area (Å²) in [5.74, 6) is 1.60. The summed E-state index contributed by atoms with van der Waals surface area (Å²) in [6.45, 7) is 9.49. The standard InChI is InChI=1S/C15H29NO2/c1-13(2)11-16-7-3-4-14-5-8-18-15(10-14)6-9-17-12-15/h13-14,16H,3-12H2,1-2H3. The quantitative estimate of drug-likeness (QED) is 0.740. The Balaban J connectivity index is 1.61. The van der Waals surface area contributed by atoms with Gasteiger partial charge < -0.3 is 14.8 Å². The van der Waals surface area contributed by atoms with Gasteiger partial charge in [-0.3, -0.25) is 0 Å². The molecule has 3 nitrogen and oxygen atoms in total. The zero-order valence-corrected chi connectivity index (χ0v) is 12.0. The molecule has 2 fully saturated rings. The van der Waals surface area contributed by atoms with Crippen LogP contribution in [0, 0.1) is 11.8 Å². The Bertz CT molecular complexity index is 237. The van der Waals surface area contributed by atoms with E-state index in [1.807, 2.05) is 0 Å². The Morgan fingerprint density at radius 2 is 2.22 bits per heavy atom. The summed E-state index contributed by atoms with van der Waals surface area (Å²) >= 11 is 0. The number of hydrogen-bond acceptors (Lipinski definition) is 3. The highest BCUT2D eigenvalue weighted by atomic mass is 16.6. The van der Waals surface area contributed by atoms with Crippen LogP contribution >= 0.6 is 0 Å². The topological polar surface area (TPSA) is 30.5 Å². The maximum atomic E-state index is 5.97. The van der Waals surface area contributed by atoms with Gasteiger partial charge in [-0.1, -0.05) is 13.8 Å². The van der Waals surface area contributed by atoms with Crippen LogP contribution < -0.4 is 5.32 Å². The Labute approximate surface area is 112 Å². The average molecular weight is 255 g/mol. The summed E-state index contributed by atoms with van der Waals surface area (Å²) in [7, 11) is 0. The molecule has 3 heteroatoms. The molecule has 18 heavy (non-hydrogen) atoms. The van der Waals surface area contributed by atoms with Crippen LogP contribution in [0.4, 0.5) is 0 Å². The molecular weight excluding hydrogens is 226 g/mol. The Hall–Kier alpha value is -0.120. The van der Waals surface area contributed by atoms with Crippen molar-refractivity contribution in [2.75, 3.05) is 32.9 Å². The third-order valence-electron chi connectivity index (χ3n) is 4.18. The molecule has 2 atom stereocenters. The summed E-state index contributed by atoms with van der Waals surface area (Å²) in [6, 6.07) is 0. The second-order valence-corrected chi connectivity index (χ2v) is 6.43.